The molecule has 2 rings (SSSR count). The molecule has 3 nitrogen and oxygen atoms in total. The summed E-state index contributed by atoms with van der Waals surface area (Å²) < 4.78 is 2.05. The second-order valence-electron chi connectivity index (χ2n) is 3.52. The van der Waals surface area contributed by atoms with E-state index in [1.165, 1.54) is 5.69 Å². The molecule has 0 aliphatic heterocycles. The van der Waals surface area contributed by atoms with Crippen molar-refractivity contribution in [2.45, 2.75) is 20.8 Å². The third-order valence-corrected chi connectivity index (χ3v) is 2.29. The smallest absolute Gasteiger partial charge is 0.255 e. The van der Waals surface area contributed by atoms with E-state index in [0.717, 1.165) is 17.1 Å². The van der Waals surface area contributed by atoms with Gasteiger partial charge >= 0.3 is 0 Å². The van der Waals surface area contributed by atoms with Crippen molar-refractivity contribution in [1.29, 1.82) is 0 Å². The van der Waals surface area contributed by atoms with E-state index >= 15 is 0 Å². The molecular formula is C11H14N3+. The molecule has 0 saturated carbocycles. The molecule has 0 atom stereocenters. The van der Waals surface area contributed by atoms with Crippen LogP contribution in [-0.4, -0.2) is 10.1 Å². The Morgan fingerprint density at radius 3 is 2.64 bits per heavy atom. The summed E-state index contributed by atoms with van der Waals surface area (Å²) in [6.07, 6.45) is 1.81. The Balaban J connectivity index is 2.60. The largest absolute Gasteiger partial charge is 0.256 e. The molecule has 0 saturated heterocycles. The lowest BCUT2D eigenvalue weighted by molar-refractivity contribution is -0.662. The first-order valence-corrected chi connectivity index (χ1v) is 4.69. The molecule has 2 aromatic rings. The molecule has 0 radical (unpaired) electrons. The van der Waals surface area contributed by atoms with Crippen molar-refractivity contribution in [3.05, 3.63) is 41.5 Å². The van der Waals surface area contributed by atoms with Crippen LogP contribution in [-0.2, 0) is 0 Å². The molecule has 0 unspecified atom stereocenters. The second kappa shape index (κ2) is 3.25. The maximum absolute atomic E-state index is 4.27. The fourth-order valence-electron chi connectivity index (χ4n) is 1.64. The number of rotatable bonds is 1. The van der Waals surface area contributed by atoms with Crippen molar-refractivity contribution in [3.8, 4) is 5.69 Å². The first-order valence-electron chi connectivity index (χ1n) is 4.69. The zero-order valence-corrected chi connectivity index (χ0v) is 8.70. The zero-order valence-electron chi connectivity index (χ0n) is 8.70. The Morgan fingerprint density at radius 1 is 1.29 bits per heavy atom. The minimum atomic E-state index is 1.03. The Hall–Kier alpha value is -1.64. The van der Waals surface area contributed by atoms with Crippen LogP contribution in [0, 0.1) is 20.8 Å². The summed E-state index contributed by atoms with van der Waals surface area (Å²) >= 11 is 0. The molecule has 2 aromatic heterocycles. The number of hydrogen-bond acceptors (Lipinski definition) is 1. The van der Waals surface area contributed by atoms with E-state index in [-0.39, 0.29) is 0 Å². The van der Waals surface area contributed by atoms with E-state index in [1.54, 1.807) is 0 Å². The van der Waals surface area contributed by atoms with E-state index in [4.69, 9.17) is 0 Å². The van der Waals surface area contributed by atoms with Gasteiger partial charge < -0.3 is 0 Å². The molecule has 72 valence electrons. The monoisotopic (exact) mass is 188 g/mol. The van der Waals surface area contributed by atoms with Crippen LogP contribution in [0.3, 0.4) is 0 Å². The standard InChI is InChI=1S/C11H13N3/c1-8-7-9(2)14(13-8)11-5-4-6-12-10(11)3/h4-7H,1-3H3/p+1. The molecule has 0 aliphatic rings. The molecule has 0 bridgehead atoms. The number of aryl methyl sites for hydroxylation is 3. The van der Waals surface area contributed by atoms with Crippen molar-refractivity contribution >= 4 is 0 Å². The van der Waals surface area contributed by atoms with Crippen molar-refractivity contribution in [2.24, 2.45) is 0 Å². The van der Waals surface area contributed by atoms with Gasteiger partial charge in [-0.2, -0.15) is 5.10 Å². The maximum atomic E-state index is 4.27. The van der Waals surface area contributed by atoms with Crippen LogP contribution >= 0.6 is 0 Å². The van der Waals surface area contributed by atoms with E-state index in [2.05, 4.69) is 40.7 Å². The van der Waals surface area contributed by atoms with E-state index in [1.807, 2.05) is 19.2 Å². The third kappa shape index (κ3) is 1.41. The SMILES string of the molecule is Cc1cc(C)[n+](-c2cccnc2C)[nH]1. The molecular weight excluding hydrogens is 174 g/mol. The fraction of sp³-hybridized carbons (Fsp3) is 0.273. The molecule has 0 aliphatic carbocycles. The van der Waals surface area contributed by atoms with E-state index in [0.29, 0.717) is 0 Å². The first kappa shape index (κ1) is 8.94. The molecule has 0 aromatic carbocycles. The number of pyridine rings is 1. The van der Waals surface area contributed by atoms with E-state index in [9.17, 15) is 0 Å². The summed E-state index contributed by atoms with van der Waals surface area (Å²) in [7, 11) is 0. The Kier molecular flexibility index (Phi) is 2.08. The van der Waals surface area contributed by atoms with Crippen LogP contribution in [0.1, 0.15) is 17.1 Å². The molecule has 0 spiro atoms. The average molecular weight is 188 g/mol. The van der Waals surface area contributed by atoms with Crippen molar-refractivity contribution in [3.63, 3.8) is 0 Å². The summed E-state index contributed by atoms with van der Waals surface area (Å²) in [6.45, 7) is 6.14. The normalized spacial score (nSPS) is 10.5. The number of hydrogen-bond donors (Lipinski definition) is 1. The van der Waals surface area contributed by atoms with Gasteiger partial charge in [-0.15, -0.1) is 0 Å². The minimum Gasteiger partial charge on any atom is -0.255 e. The highest BCUT2D eigenvalue weighted by Crippen LogP contribution is 2.05. The molecule has 2 heterocycles. The Morgan fingerprint density at radius 2 is 2.07 bits per heavy atom. The summed E-state index contributed by atoms with van der Waals surface area (Å²) in [4.78, 5) is 4.27. The second-order valence-corrected chi connectivity index (χ2v) is 3.52. The summed E-state index contributed by atoms with van der Waals surface area (Å²) in [6, 6.07) is 6.13. The minimum absolute atomic E-state index is 1.03. The van der Waals surface area contributed by atoms with Crippen LogP contribution in [0.2, 0.25) is 0 Å². The van der Waals surface area contributed by atoms with Gasteiger partial charge in [-0.1, -0.05) is 4.68 Å². The van der Waals surface area contributed by atoms with Gasteiger partial charge in [0.1, 0.15) is 5.69 Å². The van der Waals surface area contributed by atoms with Gasteiger partial charge in [0.25, 0.3) is 5.69 Å². The zero-order chi connectivity index (χ0) is 10.1. The lowest BCUT2D eigenvalue weighted by Crippen LogP contribution is -2.36. The summed E-state index contributed by atoms with van der Waals surface area (Å²) in [5.74, 6) is 0. The van der Waals surface area contributed by atoms with Gasteiger partial charge in [0, 0.05) is 25.3 Å². The molecule has 1 N–H and O–H groups in total. The lowest BCUT2D eigenvalue weighted by Gasteiger charge is -1.95. The highest BCUT2D eigenvalue weighted by molar-refractivity contribution is 5.26. The van der Waals surface area contributed by atoms with Crippen LogP contribution < -0.4 is 4.68 Å². The predicted octanol–water partition coefficient (Wildman–Crippen LogP) is 1.61. The van der Waals surface area contributed by atoms with Crippen LogP contribution in [0.5, 0.6) is 0 Å². The first-order chi connectivity index (χ1) is 6.68. The van der Waals surface area contributed by atoms with E-state index < -0.39 is 0 Å². The Bertz CT molecular complexity index is 457. The number of H-pyrrole nitrogens is 1. The quantitative estimate of drug-likeness (QED) is 0.677. The van der Waals surface area contributed by atoms with Crippen molar-refractivity contribution < 1.29 is 4.68 Å². The molecule has 0 fully saturated rings. The highest BCUT2D eigenvalue weighted by atomic mass is 15.3. The van der Waals surface area contributed by atoms with Crippen LogP contribution in [0.25, 0.3) is 5.69 Å². The van der Waals surface area contributed by atoms with Crippen molar-refractivity contribution in [2.75, 3.05) is 0 Å². The average Bonchev–Trinajstić information content (AvgIpc) is 2.46. The lowest BCUT2D eigenvalue weighted by atomic mass is 10.3. The van der Waals surface area contributed by atoms with Crippen LogP contribution in [0.4, 0.5) is 0 Å². The molecule has 3 heteroatoms. The van der Waals surface area contributed by atoms with Gasteiger partial charge in [0.2, 0.25) is 5.69 Å². The summed E-state index contributed by atoms with van der Waals surface area (Å²) in [5.41, 5.74) is 4.49. The van der Waals surface area contributed by atoms with Crippen molar-refractivity contribution in [1.82, 2.24) is 10.1 Å². The molecule has 14 heavy (non-hydrogen) atoms. The third-order valence-electron chi connectivity index (χ3n) is 2.29. The predicted molar refractivity (Wildman–Crippen MR) is 54.3 cm³/mol. The number of nitrogens with zero attached hydrogens (tertiary/aromatic N) is 2. The highest BCUT2D eigenvalue weighted by Gasteiger charge is 2.15. The number of aromatic nitrogens is 3. The van der Waals surface area contributed by atoms with Crippen LogP contribution in [0.15, 0.2) is 24.4 Å². The molecule has 0 amide bonds. The van der Waals surface area contributed by atoms with Gasteiger partial charge in [-0.3, -0.25) is 4.98 Å². The topological polar surface area (TPSA) is 32.6 Å². The number of nitrogens with one attached hydrogen (secondary N) is 1. The summed E-state index contributed by atoms with van der Waals surface area (Å²) in [5, 5.41) is 3.28. The van der Waals surface area contributed by atoms with Gasteiger partial charge in [-0.25, -0.2) is 0 Å². The Labute approximate surface area is 83.4 Å². The number of aromatic amines is 1. The fourth-order valence-corrected chi connectivity index (χ4v) is 1.64. The van der Waals surface area contributed by atoms with Gasteiger partial charge in [-0.05, 0) is 19.9 Å². The maximum Gasteiger partial charge on any atom is 0.256 e. The van der Waals surface area contributed by atoms with Gasteiger partial charge in [0.15, 0.2) is 0 Å². The van der Waals surface area contributed by atoms with Gasteiger partial charge in [0.05, 0.1) is 5.69 Å².